The zero-order valence-corrected chi connectivity index (χ0v) is 12.8. The fourth-order valence-electron chi connectivity index (χ4n) is 2.17. The number of benzene rings is 2. The molecule has 0 aliphatic carbocycles. The van der Waals surface area contributed by atoms with E-state index in [4.69, 9.17) is 0 Å². The Kier molecular flexibility index (Phi) is 5.15. The topological polar surface area (TPSA) is 32.3 Å². The minimum atomic E-state index is -0.418. The van der Waals surface area contributed by atoms with Crippen molar-refractivity contribution in [3.63, 3.8) is 0 Å². The molecule has 106 valence electrons. The first-order valence-corrected chi connectivity index (χ1v) is 7.35. The number of rotatable bonds is 5. The van der Waals surface area contributed by atoms with E-state index in [2.05, 4.69) is 40.3 Å². The maximum Gasteiger partial charge on any atom is 0.127 e. The molecule has 0 aromatic heterocycles. The van der Waals surface area contributed by atoms with Crippen molar-refractivity contribution in [1.29, 1.82) is 0 Å². The first-order valence-electron chi connectivity index (χ1n) is 6.55. The van der Waals surface area contributed by atoms with Gasteiger partial charge in [-0.25, -0.2) is 4.39 Å². The monoisotopic (exact) mass is 337 g/mol. The van der Waals surface area contributed by atoms with Gasteiger partial charge >= 0.3 is 0 Å². The highest BCUT2D eigenvalue weighted by Crippen LogP contribution is 2.21. The van der Waals surface area contributed by atoms with Gasteiger partial charge in [0.15, 0.2) is 0 Å². The van der Waals surface area contributed by atoms with E-state index in [1.54, 1.807) is 6.07 Å². The molecular weight excluding hydrogens is 321 g/mol. The molecular formula is C16H17BrFNO. The number of hydrogen-bond donors (Lipinski definition) is 2. The predicted molar refractivity (Wildman–Crippen MR) is 82.1 cm³/mol. The molecule has 0 spiro atoms. The zero-order chi connectivity index (χ0) is 14.5. The van der Waals surface area contributed by atoms with Gasteiger partial charge in [-0.05, 0) is 41.8 Å². The Morgan fingerprint density at radius 2 is 1.90 bits per heavy atom. The number of nitrogens with one attached hydrogen (secondary N) is 1. The Hall–Kier alpha value is -1.39. The van der Waals surface area contributed by atoms with Crippen molar-refractivity contribution in [2.45, 2.75) is 25.9 Å². The van der Waals surface area contributed by atoms with E-state index in [1.165, 1.54) is 11.6 Å². The largest absolute Gasteiger partial charge is 0.508 e. The molecule has 0 heterocycles. The maximum absolute atomic E-state index is 13.2. The summed E-state index contributed by atoms with van der Waals surface area (Å²) in [5, 5.41) is 12.8. The quantitative estimate of drug-likeness (QED) is 0.839. The minimum Gasteiger partial charge on any atom is -0.508 e. The summed E-state index contributed by atoms with van der Waals surface area (Å²) in [7, 11) is 0. The van der Waals surface area contributed by atoms with Crippen LogP contribution < -0.4 is 5.32 Å². The molecule has 2 aromatic rings. The van der Waals surface area contributed by atoms with Crippen LogP contribution in [0.15, 0.2) is 46.9 Å². The van der Waals surface area contributed by atoms with Gasteiger partial charge in [0.2, 0.25) is 0 Å². The Balaban J connectivity index is 2.05. The Labute approximate surface area is 126 Å². The van der Waals surface area contributed by atoms with E-state index in [0.29, 0.717) is 6.54 Å². The second-order valence-electron chi connectivity index (χ2n) is 4.71. The molecule has 20 heavy (non-hydrogen) atoms. The Morgan fingerprint density at radius 3 is 2.50 bits per heavy atom. The van der Waals surface area contributed by atoms with Crippen molar-refractivity contribution in [3.8, 4) is 5.75 Å². The van der Waals surface area contributed by atoms with Crippen LogP contribution in [-0.2, 0) is 6.54 Å². The van der Waals surface area contributed by atoms with Gasteiger partial charge in [0.05, 0.1) is 0 Å². The van der Waals surface area contributed by atoms with E-state index in [0.717, 1.165) is 22.5 Å². The summed E-state index contributed by atoms with van der Waals surface area (Å²) in [6.07, 6.45) is 0.933. The molecule has 2 aromatic carbocycles. The van der Waals surface area contributed by atoms with Crippen LogP contribution in [0.3, 0.4) is 0 Å². The van der Waals surface area contributed by atoms with E-state index in [1.807, 2.05) is 12.1 Å². The zero-order valence-electron chi connectivity index (χ0n) is 11.2. The van der Waals surface area contributed by atoms with Gasteiger partial charge in [-0.1, -0.05) is 35.0 Å². The number of aromatic hydroxyl groups is 1. The predicted octanol–water partition coefficient (Wildman–Crippen LogP) is 4.53. The lowest BCUT2D eigenvalue weighted by atomic mass is 10.0. The lowest BCUT2D eigenvalue weighted by Gasteiger charge is -2.18. The SMILES string of the molecule is CCC(NCc1cc(O)cc(F)c1)c1ccc(Br)cc1. The fourth-order valence-corrected chi connectivity index (χ4v) is 2.43. The molecule has 0 radical (unpaired) electrons. The first-order chi connectivity index (χ1) is 9.58. The summed E-state index contributed by atoms with van der Waals surface area (Å²) in [6, 6.07) is 12.5. The molecule has 0 aliphatic rings. The lowest BCUT2D eigenvalue weighted by molar-refractivity contribution is 0.465. The molecule has 2 N–H and O–H groups in total. The van der Waals surface area contributed by atoms with Gasteiger partial charge in [-0.3, -0.25) is 0 Å². The van der Waals surface area contributed by atoms with Gasteiger partial charge in [0, 0.05) is 23.1 Å². The average Bonchev–Trinajstić information content (AvgIpc) is 2.40. The Bertz CT molecular complexity index is 551. The second-order valence-corrected chi connectivity index (χ2v) is 5.63. The molecule has 0 saturated carbocycles. The highest BCUT2D eigenvalue weighted by atomic mass is 79.9. The summed E-state index contributed by atoms with van der Waals surface area (Å²) < 4.78 is 14.3. The van der Waals surface area contributed by atoms with Crippen molar-refractivity contribution in [3.05, 3.63) is 63.9 Å². The smallest absolute Gasteiger partial charge is 0.127 e. The summed E-state index contributed by atoms with van der Waals surface area (Å²) >= 11 is 3.42. The van der Waals surface area contributed by atoms with Crippen molar-refractivity contribution in [2.24, 2.45) is 0 Å². The van der Waals surface area contributed by atoms with Crippen LogP contribution in [0.4, 0.5) is 4.39 Å². The maximum atomic E-state index is 13.2. The third-order valence-corrected chi connectivity index (χ3v) is 3.70. The van der Waals surface area contributed by atoms with Crippen LogP contribution in [0.1, 0.15) is 30.5 Å². The van der Waals surface area contributed by atoms with Crippen LogP contribution in [0.25, 0.3) is 0 Å². The Morgan fingerprint density at radius 1 is 1.20 bits per heavy atom. The van der Waals surface area contributed by atoms with Crippen LogP contribution in [0.2, 0.25) is 0 Å². The van der Waals surface area contributed by atoms with E-state index >= 15 is 0 Å². The third-order valence-electron chi connectivity index (χ3n) is 3.18. The van der Waals surface area contributed by atoms with Crippen molar-refractivity contribution in [2.75, 3.05) is 0 Å². The van der Waals surface area contributed by atoms with E-state index < -0.39 is 5.82 Å². The van der Waals surface area contributed by atoms with Crippen molar-refractivity contribution in [1.82, 2.24) is 5.32 Å². The van der Waals surface area contributed by atoms with E-state index in [9.17, 15) is 9.50 Å². The molecule has 2 nitrogen and oxygen atoms in total. The molecule has 0 saturated heterocycles. The van der Waals surface area contributed by atoms with Gasteiger partial charge in [-0.2, -0.15) is 0 Å². The molecule has 0 aliphatic heterocycles. The first kappa shape index (κ1) is 15.0. The molecule has 1 unspecified atom stereocenters. The highest BCUT2D eigenvalue weighted by molar-refractivity contribution is 9.10. The minimum absolute atomic E-state index is 0.0431. The van der Waals surface area contributed by atoms with Crippen LogP contribution in [-0.4, -0.2) is 5.11 Å². The lowest BCUT2D eigenvalue weighted by Crippen LogP contribution is -2.20. The van der Waals surface area contributed by atoms with Crippen molar-refractivity contribution < 1.29 is 9.50 Å². The number of halogens is 2. The third kappa shape index (κ3) is 4.05. The van der Waals surface area contributed by atoms with Crippen LogP contribution in [0, 0.1) is 5.82 Å². The molecule has 0 bridgehead atoms. The summed E-state index contributed by atoms with van der Waals surface area (Å²) in [6.45, 7) is 2.61. The van der Waals surface area contributed by atoms with Crippen LogP contribution >= 0.6 is 15.9 Å². The van der Waals surface area contributed by atoms with Gasteiger partial charge in [-0.15, -0.1) is 0 Å². The van der Waals surface area contributed by atoms with Gasteiger partial charge < -0.3 is 10.4 Å². The average molecular weight is 338 g/mol. The molecule has 1 atom stereocenters. The summed E-state index contributed by atoms with van der Waals surface area (Å²) in [5.74, 6) is -0.461. The number of hydrogen-bond acceptors (Lipinski definition) is 2. The summed E-state index contributed by atoms with van der Waals surface area (Å²) in [5.41, 5.74) is 1.93. The van der Waals surface area contributed by atoms with Crippen molar-refractivity contribution >= 4 is 15.9 Å². The van der Waals surface area contributed by atoms with Gasteiger partial charge in [0.1, 0.15) is 11.6 Å². The highest BCUT2D eigenvalue weighted by Gasteiger charge is 2.09. The fraction of sp³-hybridized carbons (Fsp3) is 0.250. The number of phenolic OH excluding ortho intramolecular Hbond substituents is 1. The molecule has 4 heteroatoms. The number of phenols is 1. The standard InChI is InChI=1S/C16H17BrFNO/c1-2-16(12-3-5-13(17)6-4-12)19-10-11-7-14(18)9-15(20)8-11/h3-9,16,19-20H,2,10H2,1H3. The molecule has 2 rings (SSSR count). The van der Waals surface area contributed by atoms with Crippen LogP contribution in [0.5, 0.6) is 5.75 Å². The molecule has 0 fully saturated rings. The molecule has 0 amide bonds. The van der Waals surface area contributed by atoms with Gasteiger partial charge in [0.25, 0.3) is 0 Å². The summed E-state index contributed by atoms with van der Waals surface area (Å²) in [4.78, 5) is 0. The normalized spacial score (nSPS) is 12.3. The van der Waals surface area contributed by atoms with E-state index in [-0.39, 0.29) is 11.8 Å². The second kappa shape index (κ2) is 6.86.